The van der Waals surface area contributed by atoms with Gasteiger partial charge < -0.3 is 9.61 Å². The molecule has 0 aliphatic heterocycles. The molecule has 0 fully saturated rings. The topological polar surface area (TPSA) is 38.3 Å². The van der Waals surface area contributed by atoms with Crippen LogP contribution >= 0.6 is 19.1 Å². The maximum Gasteiger partial charge on any atom is 0.338 e. The van der Waals surface area contributed by atoms with Crippen LogP contribution in [-0.4, -0.2) is 6.66 Å². The molecule has 0 aliphatic carbocycles. The first-order valence-electron chi connectivity index (χ1n) is 5.93. The second-order valence-electron chi connectivity index (χ2n) is 4.49. The van der Waals surface area contributed by atoms with Crippen LogP contribution in [0.25, 0.3) is 0 Å². The molecule has 0 aromatic heterocycles. The fraction of sp³-hybridized carbons (Fsp3) is 0.143. The highest BCUT2D eigenvalue weighted by Gasteiger charge is 2.19. The maximum atomic E-state index is 12.8. The molecule has 2 rings (SSSR count). The highest BCUT2D eigenvalue weighted by Crippen LogP contribution is 2.45. The lowest BCUT2D eigenvalue weighted by molar-refractivity contribution is 0.493. The molecule has 3 nitrogen and oxygen atoms in total. The predicted molar refractivity (Wildman–Crippen MR) is 80.4 cm³/mol. The van der Waals surface area contributed by atoms with Crippen LogP contribution in [0.15, 0.2) is 42.5 Å². The maximum absolute atomic E-state index is 12.8. The highest BCUT2D eigenvalue weighted by atomic mass is 35.5. The number of anilines is 1. The predicted octanol–water partition coefficient (Wildman–Crippen LogP) is 5.10. The zero-order valence-corrected chi connectivity index (χ0v) is 12.7. The zero-order chi connectivity index (χ0) is 14.8. The number of hydrogen-bond acceptors (Lipinski definition) is 2. The summed E-state index contributed by atoms with van der Waals surface area (Å²) in [5.41, 5.74) is 1.46. The smallest absolute Gasteiger partial charge is 0.338 e. The van der Waals surface area contributed by atoms with Crippen LogP contribution in [0.4, 0.5) is 10.1 Å². The molecular weight excluding hydrogens is 300 g/mol. The number of benzene rings is 2. The van der Waals surface area contributed by atoms with Crippen LogP contribution in [-0.2, 0) is 4.57 Å². The Labute approximate surface area is 122 Å². The standard InChI is InChI=1S/C14H14ClFNO2P/c1-10-3-8-13(15)14(9-10)19-20(2,18)17-12-6-4-11(16)5-7-12/h3-9H,1-2H3,(H,17,18)/t20-/m1/s1. The van der Waals surface area contributed by atoms with E-state index in [9.17, 15) is 8.96 Å². The molecule has 0 unspecified atom stereocenters. The van der Waals surface area contributed by atoms with Gasteiger partial charge in [0.25, 0.3) is 0 Å². The van der Waals surface area contributed by atoms with E-state index >= 15 is 0 Å². The van der Waals surface area contributed by atoms with Crippen LogP contribution in [0, 0.1) is 12.7 Å². The fourth-order valence-corrected chi connectivity index (χ4v) is 3.05. The number of rotatable bonds is 4. The lowest BCUT2D eigenvalue weighted by atomic mass is 10.2. The first-order valence-corrected chi connectivity index (χ1v) is 8.38. The Hall–Kier alpha value is -1.51. The van der Waals surface area contributed by atoms with Gasteiger partial charge in [0.2, 0.25) is 0 Å². The molecule has 0 amide bonds. The van der Waals surface area contributed by atoms with Crippen molar-refractivity contribution in [1.82, 2.24) is 0 Å². The summed E-state index contributed by atoms with van der Waals surface area (Å²) in [6, 6.07) is 10.8. The van der Waals surface area contributed by atoms with Crippen molar-refractivity contribution in [2.45, 2.75) is 6.92 Å². The van der Waals surface area contributed by atoms with Gasteiger partial charge in [0.15, 0.2) is 0 Å². The third kappa shape index (κ3) is 3.99. The van der Waals surface area contributed by atoms with E-state index in [-0.39, 0.29) is 5.82 Å². The van der Waals surface area contributed by atoms with Gasteiger partial charge in [-0.2, -0.15) is 0 Å². The number of nitrogens with one attached hydrogen (secondary N) is 1. The minimum atomic E-state index is -3.16. The summed E-state index contributed by atoms with van der Waals surface area (Å²) in [5, 5.41) is 3.14. The third-order valence-corrected chi connectivity index (χ3v) is 4.06. The molecule has 0 bridgehead atoms. The molecule has 0 saturated carbocycles. The van der Waals surface area contributed by atoms with E-state index in [0.29, 0.717) is 16.5 Å². The van der Waals surface area contributed by atoms with E-state index in [1.165, 1.54) is 30.9 Å². The van der Waals surface area contributed by atoms with Gasteiger partial charge in [-0.1, -0.05) is 17.7 Å². The van der Waals surface area contributed by atoms with Crippen molar-refractivity contribution in [3.63, 3.8) is 0 Å². The van der Waals surface area contributed by atoms with Crippen molar-refractivity contribution < 1.29 is 13.5 Å². The lowest BCUT2D eigenvalue weighted by Gasteiger charge is -2.18. The normalized spacial score (nSPS) is 13.6. The van der Waals surface area contributed by atoms with Crippen LogP contribution in [0.1, 0.15) is 5.56 Å². The first kappa shape index (κ1) is 14.9. The van der Waals surface area contributed by atoms with Crippen LogP contribution < -0.4 is 9.61 Å². The molecule has 0 aliphatic rings. The summed E-state index contributed by atoms with van der Waals surface area (Å²) in [4.78, 5) is 0. The Morgan fingerprint density at radius 3 is 2.50 bits per heavy atom. The molecule has 0 saturated heterocycles. The summed E-state index contributed by atoms with van der Waals surface area (Å²) >= 11 is 6.00. The van der Waals surface area contributed by atoms with Crippen molar-refractivity contribution in [1.29, 1.82) is 0 Å². The third-order valence-electron chi connectivity index (χ3n) is 2.54. The van der Waals surface area contributed by atoms with Crippen LogP contribution in [0.3, 0.4) is 0 Å². The molecule has 0 heterocycles. The van der Waals surface area contributed by atoms with Crippen molar-refractivity contribution >= 4 is 24.8 Å². The molecule has 106 valence electrons. The van der Waals surface area contributed by atoms with Gasteiger partial charge in [0.1, 0.15) is 11.6 Å². The average molecular weight is 314 g/mol. The molecule has 6 heteroatoms. The molecule has 1 atom stereocenters. The van der Waals surface area contributed by atoms with E-state index < -0.39 is 7.52 Å². The minimum absolute atomic E-state index is 0.354. The van der Waals surface area contributed by atoms with Crippen LogP contribution in [0.2, 0.25) is 5.02 Å². The molecule has 2 aromatic rings. The molecule has 1 N–H and O–H groups in total. The monoisotopic (exact) mass is 313 g/mol. The minimum Gasteiger partial charge on any atom is -0.427 e. The highest BCUT2D eigenvalue weighted by molar-refractivity contribution is 7.60. The number of hydrogen-bond donors (Lipinski definition) is 1. The molecule has 20 heavy (non-hydrogen) atoms. The first-order chi connectivity index (χ1) is 9.35. The van der Waals surface area contributed by atoms with Gasteiger partial charge in [0, 0.05) is 12.4 Å². The Balaban J connectivity index is 2.16. The summed E-state index contributed by atoms with van der Waals surface area (Å²) in [6.45, 7) is 3.33. The van der Waals surface area contributed by atoms with Gasteiger partial charge in [-0.25, -0.2) is 4.39 Å². The Bertz CT molecular complexity index is 661. The van der Waals surface area contributed by atoms with Gasteiger partial charge in [-0.3, -0.25) is 4.57 Å². The molecule has 0 radical (unpaired) electrons. The van der Waals surface area contributed by atoms with E-state index in [4.69, 9.17) is 16.1 Å². The molecule has 0 spiro atoms. The number of aryl methyl sites for hydroxylation is 1. The van der Waals surface area contributed by atoms with Gasteiger partial charge in [-0.15, -0.1) is 0 Å². The van der Waals surface area contributed by atoms with E-state index in [2.05, 4.69) is 5.09 Å². The SMILES string of the molecule is Cc1ccc(Cl)c(O[P@@](C)(=O)Nc2ccc(F)cc2)c1. The fourth-order valence-electron chi connectivity index (χ4n) is 1.65. The Morgan fingerprint density at radius 2 is 1.85 bits per heavy atom. The largest absolute Gasteiger partial charge is 0.427 e. The summed E-state index contributed by atoms with van der Waals surface area (Å²) in [5.74, 6) is -0.00348. The van der Waals surface area contributed by atoms with E-state index in [0.717, 1.165) is 5.56 Å². The lowest BCUT2D eigenvalue weighted by Crippen LogP contribution is -2.02. The quantitative estimate of drug-likeness (QED) is 0.798. The Kier molecular flexibility index (Phi) is 4.36. The van der Waals surface area contributed by atoms with Gasteiger partial charge in [0.05, 0.1) is 5.02 Å². The zero-order valence-electron chi connectivity index (χ0n) is 11.1. The average Bonchev–Trinajstić information content (AvgIpc) is 2.36. The second kappa shape index (κ2) is 5.86. The Morgan fingerprint density at radius 1 is 1.20 bits per heavy atom. The van der Waals surface area contributed by atoms with Crippen molar-refractivity contribution in [2.24, 2.45) is 0 Å². The van der Waals surface area contributed by atoms with Crippen molar-refractivity contribution in [3.05, 3.63) is 58.9 Å². The summed E-state index contributed by atoms with van der Waals surface area (Å²) in [7, 11) is -3.16. The van der Waals surface area contributed by atoms with Crippen LogP contribution in [0.5, 0.6) is 5.75 Å². The van der Waals surface area contributed by atoms with Crippen molar-refractivity contribution in [3.8, 4) is 5.75 Å². The summed E-state index contributed by atoms with van der Waals surface area (Å²) < 4.78 is 30.7. The van der Waals surface area contributed by atoms with Gasteiger partial charge >= 0.3 is 7.52 Å². The molecule has 2 aromatic carbocycles. The molecular formula is C14H14ClFNO2P. The number of halogens is 2. The second-order valence-corrected chi connectivity index (χ2v) is 6.99. The van der Waals surface area contributed by atoms with E-state index in [1.54, 1.807) is 12.1 Å². The van der Waals surface area contributed by atoms with E-state index in [1.807, 2.05) is 13.0 Å². The van der Waals surface area contributed by atoms with Gasteiger partial charge in [-0.05, 0) is 48.9 Å². The van der Waals surface area contributed by atoms with Crippen molar-refractivity contribution in [2.75, 3.05) is 11.8 Å². The summed E-state index contributed by atoms with van der Waals surface area (Å²) in [6.07, 6.45) is 0.